The molecule has 8 heteroatoms. The van der Waals surface area contributed by atoms with Crippen molar-refractivity contribution in [3.8, 4) is 11.8 Å². The maximum atomic E-state index is 10.6. The standard InChI is InChI=1S/C11H7N3O5/c15-10(16)7-1-3-9(4-2-7)19-11-12-5-8(6-13-11)14(17)18/h1-6H,(H,15,16). The fourth-order valence-corrected chi connectivity index (χ4v) is 1.23. The number of ether oxygens (including phenoxy) is 1. The average Bonchev–Trinajstić information content (AvgIpc) is 2.40. The van der Waals surface area contributed by atoms with Crippen molar-refractivity contribution < 1.29 is 19.6 Å². The maximum Gasteiger partial charge on any atom is 0.335 e. The summed E-state index contributed by atoms with van der Waals surface area (Å²) in [7, 11) is 0. The minimum absolute atomic E-state index is 0.0614. The molecule has 1 aromatic carbocycles. The number of hydrogen-bond acceptors (Lipinski definition) is 6. The molecule has 0 fully saturated rings. The summed E-state index contributed by atoms with van der Waals surface area (Å²) in [5.74, 6) is -0.711. The van der Waals surface area contributed by atoms with Crippen LogP contribution in [-0.2, 0) is 0 Å². The maximum absolute atomic E-state index is 10.6. The van der Waals surface area contributed by atoms with Crippen LogP contribution in [0.1, 0.15) is 10.4 Å². The van der Waals surface area contributed by atoms with Crippen LogP contribution in [0.3, 0.4) is 0 Å². The monoisotopic (exact) mass is 261 g/mol. The Morgan fingerprint density at radius 3 is 2.26 bits per heavy atom. The predicted molar refractivity (Wildman–Crippen MR) is 62.2 cm³/mol. The summed E-state index contributed by atoms with van der Waals surface area (Å²) in [6.07, 6.45) is 2.04. The topological polar surface area (TPSA) is 115 Å². The van der Waals surface area contributed by atoms with Crippen LogP contribution < -0.4 is 4.74 Å². The lowest BCUT2D eigenvalue weighted by Gasteiger charge is -2.03. The van der Waals surface area contributed by atoms with Gasteiger partial charge in [0.05, 0.1) is 10.5 Å². The SMILES string of the molecule is O=C(O)c1ccc(Oc2ncc([N+](=O)[O-])cn2)cc1. The van der Waals surface area contributed by atoms with Gasteiger partial charge in [-0.2, -0.15) is 9.97 Å². The zero-order valence-corrected chi connectivity index (χ0v) is 9.39. The van der Waals surface area contributed by atoms with Crippen LogP contribution in [0, 0.1) is 10.1 Å². The third-order valence-electron chi connectivity index (χ3n) is 2.14. The second-order valence-corrected chi connectivity index (χ2v) is 3.41. The third kappa shape index (κ3) is 3.00. The molecule has 1 N–H and O–H groups in total. The van der Waals surface area contributed by atoms with Crippen molar-refractivity contribution in [1.29, 1.82) is 0 Å². The molecule has 19 heavy (non-hydrogen) atoms. The molecule has 0 unspecified atom stereocenters. The lowest BCUT2D eigenvalue weighted by atomic mass is 10.2. The molecule has 2 aromatic rings. The number of carbonyl (C=O) groups is 1. The molecule has 1 aromatic heterocycles. The molecule has 0 radical (unpaired) electrons. The molecule has 2 rings (SSSR count). The summed E-state index contributed by atoms with van der Waals surface area (Å²) >= 11 is 0. The van der Waals surface area contributed by atoms with Gasteiger partial charge in [-0.3, -0.25) is 10.1 Å². The zero-order valence-electron chi connectivity index (χ0n) is 9.39. The number of aromatic carboxylic acids is 1. The molecule has 96 valence electrons. The molecular weight excluding hydrogens is 254 g/mol. The molecule has 0 spiro atoms. The van der Waals surface area contributed by atoms with Crippen LogP contribution in [-0.4, -0.2) is 26.0 Å². The number of hydrogen-bond donors (Lipinski definition) is 1. The van der Waals surface area contributed by atoms with Crippen molar-refractivity contribution in [3.05, 3.63) is 52.3 Å². The smallest absolute Gasteiger partial charge is 0.335 e. The highest BCUT2D eigenvalue weighted by Gasteiger charge is 2.08. The Bertz CT molecular complexity index is 554. The van der Waals surface area contributed by atoms with Crippen LogP contribution in [0.5, 0.6) is 11.8 Å². The molecule has 1 heterocycles. The van der Waals surface area contributed by atoms with Crippen LogP contribution >= 0.6 is 0 Å². The van der Waals surface area contributed by atoms with E-state index in [1.54, 1.807) is 0 Å². The Hall–Kier alpha value is -3.03. The van der Waals surface area contributed by atoms with Crippen LogP contribution in [0.25, 0.3) is 0 Å². The molecule has 0 aliphatic rings. The van der Waals surface area contributed by atoms with E-state index in [-0.39, 0.29) is 17.3 Å². The van der Waals surface area contributed by atoms with Crippen molar-refractivity contribution in [2.24, 2.45) is 0 Å². The van der Waals surface area contributed by atoms with Crippen molar-refractivity contribution in [2.75, 3.05) is 0 Å². The molecule has 8 nitrogen and oxygen atoms in total. The molecule has 0 aliphatic carbocycles. The van der Waals surface area contributed by atoms with E-state index in [1.165, 1.54) is 24.3 Å². The summed E-state index contributed by atoms with van der Waals surface area (Å²) in [4.78, 5) is 27.7. The predicted octanol–water partition coefficient (Wildman–Crippen LogP) is 1.88. The van der Waals surface area contributed by atoms with Crippen molar-refractivity contribution in [2.45, 2.75) is 0 Å². The number of rotatable bonds is 4. The Kier molecular flexibility index (Phi) is 3.33. The van der Waals surface area contributed by atoms with Gasteiger partial charge in [-0.1, -0.05) is 0 Å². The molecular formula is C11H7N3O5. The quantitative estimate of drug-likeness (QED) is 0.659. The van der Waals surface area contributed by atoms with Gasteiger partial charge in [0, 0.05) is 0 Å². The first-order valence-electron chi connectivity index (χ1n) is 5.04. The zero-order chi connectivity index (χ0) is 13.8. The number of aromatic nitrogens is 2. The fraction of sp³-hybridized carbons (Fsp3) is 0. The van der Waals surface area contributed by atoms with Gasteiger partial charge in [-0.05, 0) is 24.3 Å². The normalized spacial score (nSPS) is 9.89. The van der Waals surface area contributed by atoms with E-state index < -0.39 is 10.9 Å². The van der Waals surface area contributed by atoms with Gasteiger partial charge in [-0.15, -0.1) is 0 Å². The van der Waals surface area contributed by atoms with E-state index in [2.05, 4.69) is 9.97 Å². The van der Waals surface area contributed by atoms with Gasteiger partial charge in [-0.25, -0.2) is 4.79 Å². The van der Waals surface area contributed by atoms with Crippen LogP contribution in [0.4, 0.5) is 5.69 Å². The molecule has 0 bridgehead atoms. The molecule has 0 saturated carbocycles. The summed E-state index contributed by atoms with van der Waals surface area (Å²) in [5, 5.41) is 19.1. The number of benzene rings is 1. The van der Waals surface area contributed by atoms with Gasteiger partial charge in [0.25, 0.3) is 0 Å². The Morgan fingerprint density at radius 2 is 1.79 bits per heavy atom. The first-order valence-corrected chi connectivity index (χ1v) is 5.04. The van der Waals surface area contributed by atoms with Gasteiger partial charge >= 0.3 is 17.7 Å². The van der Waals surface area contributed by atoms with Crippen molar-refractivity contribution in [1.82, 2.24) is 9.97 Å². The van der Waals surface area contributed by atoms with Gasteiger partial charge < -0.3 is 9.84 Å². The van der Waals surface area contributed by atoms with Crippen LogP contribution in [0.2, 0.25) is 0 Å². The van der Waals surface area contributed by atoms with Crippen molar-refractivity contribution >= 4 is 11.7 Å². The van der Waals surface area contributed by atoms with E-state index in [9.17, 15) is 14.9 Å². The Balaban J connectivity index is 2.12. The highest BCUT2D eigenvalue weighted by molar-refractivity contribution is 5.87. The van der Waals surface area contributed by atoms with Gasteiger partial charge in [0.15, 0.2) is 0 Å². The number of nitro groups is 1. The number of nitrogens with zero attached hydrogens (tertiary/aromatic N) is 3. The first kappa shape index (κ1) is 12.4. The summed E-state index contributed by atoms with van der Waals surface area (Å²) < 4.78 is 5.21. The van der Waals surface area contributed by atoms with E-state index in [0.717, 1.165) is 12.4 Å². The van der Waals surface area contributed by atoms with Crippen LogP contribution in [0.15, 0.2) is 36.7 Å². The molecule has 0 aliphatic heterocycles. The van der Waals surface area contributed by atoms with Gasteiger partial charge in [0.2, 0.25) is 0 Å². The van der Waals surface area contributed by atoms with Gasteiger partial charge in [0.1, 0.15) is 18.1 Å². The molecule has 0 amide bonds. The summed E-state index contributed by atoms with van der Waals surface area (Å²) in [6, 6.07) is 5.54. The second kappa shape index (κ2) is 5.08. The van der Waals surface area contributed by atoms with Crippen molar-refractivity contribution in [3.63, 3.8) is 0 Å². The Morgan fingerprint density at radius 1 is 1.21 bits per heavy atom. The second-order valence-electron chi connectivity index (χ2n) is 3.41. The third-order valence-corrected chi connectivity index (χ3v) is 2.14. The molecule has 0 atom stereocenters. The van der Waals surface area contributed by atoms with E-state index in [0.29, 0.717) is 5.75 Å². The summed E-state index contributed by atoms with van der Waals surface area (Å²) in [5.41, 5.74) is -0.120. The number of carboxylic acids is 1. The largest absolute Gasteiger partial charge is 0.478 e. The average molecular weight is 261 g/mol. The fourth-order valence-electron chi connectivity index (χ4n) is 1.23. The van der Waals surface area contributed by atoms with E-state index in [4.69, 9.17) is 9.84 Å². The molecule has 0 saturated heterocycles. The minimum atomic E-state index is -1.04. The van der Waals surface area contributed by atoms with E-state index in [1.807, 2.05) is 0 Å². The highest BCUT2D eigenvalue weighted by atomic mass is 16.6. The number of carboxylic acid groups (broad SMARTS) is 1. The minimum Gasteiger partial charge on any atom is -0.478 e. The lowest BCUT2D eigenvalue weighted by molar-refractivity contribution is -0.385. The van der Waals surface area contributed by atoms with E-state index >= 15 is 0 Å². The highest BCUT2D eigenvalue weighted by Crippen LogP contribution is 2.19. The summed E-state index contributed by atoms with van der Waals surface area (Å²) in [6.45, 7) is 0. The lowest BCUT2D eigenvalue weighted by Crippen LogP contribution is -1.97. The first-order chi connectivity index (χ1) is 9.06. The Labute approximate surface area is 106 Å².